The highest BCUT2D eigenvalue weighted by molar-refractivity contribution is 5.76. The molecule has 0 bridgehead atoms. The second kappa shape index (κ2) is 78.8. The summed E-state index contributed by atoms with van der Waals surface area (Å²) in [6.07, 6.45) is 102. The molecule has 0 radical (unpaired) electrons. The number of aliphatic hydroxyl groups is 2. The van der Waals surface area contributed by atoms with Gasteiger partial charge in [0.2, 0.25) is 5.91 Å². The van der Waals surface area contributed by atoms with Crippen molar-refractivity contribution in [2.24, 2.45) is 0 Å². The molecule has 2 atom stereocenters. The van der Waals surface area contributed by atoms with Crippen LogP contribution in [0.15, 0.2) is 24.3 Å². The number of nitrogens with one attached hydrogen (secondary N) is 1. The maximum atomic E-state index is 12.6. The molecule has 0 aliphatic heterocycles. The van der Waals surface area contributed by atoms with Gasteiger partial charge in [0.25, 0.3) is 0 Å². The minimum atomic E-state index is -0.843. The lowest BCUT2D eigenvalue weighted by Crippen LogP contribution is -2.45. The van der Waals surface area contributed by atoms with Crippen molar-refractivity contribution in [1.82, 2.24) is 5.32 Å². The summed E-state index contributed by atoms with van der Waals surface area (Å²) in [6.45, 7) is 4.96. The first-order valence-electron chi connectivity index (χ1n) is 41.1. The van der Waals surface area contributed by atoms with Crippen LogP contribution < -0.4 is 5.32 Å². The van der Waals surface area contributed by atoms with Crippen LogP contribution in [0, 0.1) is 0 Å². The Balaban J connectivity index is 3.36. The number of aliphatic hydroxyl groups excluding tert-OH is 2. The second-order valence-electron chi connectivity index (χ2n) is 28.5. The van der Waals surface area contributed by atoms with Gasteiger partial charge in [0.05, 0.1) is 25.4 Å². The molecule has 0 spiro atoms. The van der Waals surface area contributed by atoms with E-state index in [0.29, 0.717) is 19.4 Å². The Kier molecular flexibility index (Phi) is 77.3. The zero-order valence-electron chi connectivity index (χ0n) is 60.7. The van der Waals surface area contributed by atoms with Crippen molar-refractivity contribution in [3.8, 4) is 0 Å². The van der Waals surface area contributed by atoms with Crippen LogP contribution in [0.4, 0.5) is 0 Å². The minimum Gasteiger partial charge on any atom is -0.466 e. The number of hydrogen-bond acceptors (Lipinski definition) is 5. The van der Waals surface area contributed by atoms with Crippen molar-refractivity contribution < 1.29 is 24.5 Å². The first-order chi connectivity index (χ1) is 44.0. The van der Waals surface area contributed by atoms with Gasteiger partial charge in [0.15, 0.2) is 0 Å². The van der Waals surface area contributed by atoms with E-state index in [1.54, 1.807) is 6.08 Å². The summed E-state index contributed by atoms with van der Waals surface area (Å²) >= 11 is 0. The number of esters is 1. The van der Waals surface area contributed by atoms with Gasteiger partial charge in [-0.25, -0.2) is 0 Å². The van der Waals surface area contributed by atoms with Crippen LogP contribution in [0.3, 0.4) is 0 Å². The first kappa shape index (κ1) is 87.3. The molecule has 0 rings (SSSR count). The van der Waals surface area contributed by atoms with Gasteiger partial charge in [-0.1, -0.05) is 423 Å². The van der Waals surface area contributed by atoms with E-state index >= 15 is 0 Å². The van der Waals surface area contributed by atoms with Crippen LogP contribution in [0.1, 0.15) is 470 Å². The van der Waals surface area contributed by atoms with Crippen LogP contribution >= 0.6 is 0 Å². The lowest BCUT2D eigenvalue weighted by Gasteiger charge is -2.20. The molecule has 0 heterocycles. The highest BCUT2D eigenvalue weighted by atomic mass is 16.5. The third kappa shape index (κ3) is 75.3. The number of carbonyl (C=O) groups excluding carboxylic acids is 2. The number of carbonyl (C=O) groups is 2. The maximum Gasteiger partial charge on any atom is 0.305 e. The summed E-state index contributed by atoms with van der Waals surface area (Å²) in [5.74, 6) is -0.0366. The normalized spacial score (nSPS) is 12.5. The molecule has 1 amide bonds. The summed E-state index contributed by atoms with van der Waals surface area (Å²) < 4.78 is 5.48. The maximum absolute atomic E-state index is 12.6. The third-order valence-corrected chi connectivity index (χ3v) is 19.5. The van der Waals surface area contributed by atoms with Gasteiger partial charge in [-0.2, -0.15) is 0 Å². The molecule has 0 aromatic rings. The predicted molar refractivity (Wildman–Crippen MR) is 393 cm³/mol. The third-order valence-electron chi connectivity index (χ3n) is 19.5. The minimum absolute atomic E-state index is 0.0218. The van der Waals surface area contributed by atoms with E-state index in [-0.39, 0.29) is 18.5 Å². The largest absolute Gasteiger partial charge is 0.466 e. The van der Waals surface area contributed by atoms with Crippen molar-refractivity contribution in [3.63, 3.8) is 0 Å². The highest BCUT2D eigenvalue weighted by Gasteiger charge is 2.18. The van der Waals surface area contributed by atoms with Crippen molar-refractivity contribution in [3.05, 3.63) is 24.3 Å². The zero-order valence-corrected chi connectivity index (χ0v) is 60.7. The van der Waals surface area contributed by atoms with E-state index in [9.17, 15) is 19.8 Å². The monoisotopic (exact) mass is 1250 g/mol. The summed E-state index contributed by atoms with van der Waals surface area (Å²) in [5, 5.41) is 23.3. The molecule has 0 aromatic heterocycles. The second-order valence-corrected chi connectivity index (χ2v) is 28.5. The topological polar surface area (TPSA) is 95.9 Å². The SMILES string of the molecule is CCCCCCCCCCCCCCCCCCCCCCCC/C=C/C(O)C(CO)NC(=O)CCCCCCCCCCCCCCCCCCC/C=C\CCCCCCCCCCCCCCCCCCOC(=O)CCCCCCCCCCCCC. The van der Waals surface area contributed by atoms with Gasteiger partial charge in [-0.3, -0.25) is 9.59 Å². The Labute approximate surface area is 558 Å². The standard InChI is InChI=1S/C83H161NO5/c1-3-5-7-9-11-13-15-16-17-18-19-20-21-37-40-43-46-49-52-56-59-63-67-71-75-81(86)80(79-85)84-82(87)76-72-68-64-60-57-53-50-47-44-41-38-35-33-31-29-27-25-23-22-24-26-28-30-32-34-36-39-42-45-48-51-54-58-62-66-70-74-78-89-83(88)77-73-69-65-61-55-14-12-10-8-6-4-2/h22,24,71,75,80-81,85-86H,3-21,23,25-70,72-74,76-79H2,1-2H3,(H,84,87)/b24-22-,75-71+. The van der Waals surface area contributed by atoms with E-state index in [1.807, 2.05) is 6.08 Å². The number of allylic oxidation sites excluding steroid dienone is 3. The van der Waals surface area contributed by atoms with Crippen molar-refractivity contribution >= 4 is 11.9 Å². The van der Waals surface area contributed by atoms with Gasteiger partial charge in [-0.15, -0.1) is 0 Å². The summed E-state index contributed by atoms with van der Waals surface area (Å²) in [6, 6.07) is -0.626. The fraction of sp³-hybridized carbons (Fsp3) is 0.928. The molecule has 6 nitrogen and oxygen atoms in total. The number of unbranched alkanes of at least 4 members (excludes halogenated alkanes) is 65. The molecule has 0 aliphatic carbocycles. The number of rotatable bonds is 78. The summed E-state index contributed by atoms with van der Waals surface area (Å²) in [5.41, 5.74) is 0. The number of hydrogen-bond donors (Lipinski definition) is 3. The molecule has 2 unspecified atom stereocenters. The van der Waals surface area contributed by atoms with Crippen molar-refractivity contribution in [1.29, 1.82) is 0 Å². The Morgan fingerprint density at radius 3 is 0.798 bits per heavy atom. The molecule has 0 aromatic carbocycles. The molecule has 6 heteroatoms. The van der Waals surface area contributed by atoms with E-state index in [0.717, 1.165) is 38.5 Å². The van der Waals surface area contributed by atoms with Crippen LogP contribution in [-0.4, -0.2) is 47.4 Å². The highest BCUT2D eigenvalue weighted by Crippen LogP contribution is 2.20. The Morgan fingerprint density at radius 1 is 0.303 bits per heavy atom. The fourth-order valence-corrected chi connectivity index (χ4v) is 13.2. The zero-order chi connectivity index (χ0) is 64.2. The van der Waals surface area contributed by atoms with Crippen molar-refractivity contribution in [2.45, 2.75) is 482 Å². The van der Waals surface area contributed by atoms with E-state index in [1.165, 1.54) is 405 Å². The van der Waals surface area contributed by atoms with Crippen molar-refractivity contribution in [2.75, 3.05) is 13.2 Å². The van der Waals surface area contributed by atoms with Gasteiger partial charge in [0.1, 0.15) is 0 Å². The summed E-state index contributed by atoms with van der Waals surface area (Å²) in [7, 11) is 0. The molecule has 0 saturated carbocycles. The predicted octanol–water partition coefficient (Wildman–Crippen LogP) is 27.2. The van der Waals surface area contributed by atoms with Crippen LogP contribution in [0.25, 0.3) is 0 Å². The van der Waals surface area contributed by atoms with Gasteiger partial charge >= 0.3 is 5.97 Å². The van der Waals surface area contributed by atoms with E-state index in [2.05, 4.69) is 31.3 Å². The number of amides is 1. The molecular weight excluding hydrogens is 1090 g/mol. The first-order valence-corrected chi connectivity index (χ1v) is 41.1. The molecule has 89 heavy (non-hydrogen) atoms. The van der Waals surface area contributed by atoms with E-state index in [4.69, 9.17) is 4.74 Å². The lowest BCUT2D eigenvalue weighted by molar-refractivity contribution is -0.143. The summed E-state index contributed by atoms with van der Waals surface area (Å²) in [4.78, 5) is 24.6. The molecule has 0 fully saturated rings. The number of ether oxygens (including phenoxy) is 1. The smallest absolute Gasteiger partial charge is 0.305 e. The van der Waals surface area contributed by atoms with Crippen LogP contribution in [0.2, 0.25) is 0 Å². The van der Waals surface area contributed by atoms with Gasteiger partial charge in [0, 0.05) is 12.8 Å². The van der Waals surface area contributed by atoms with Crippen LogP contribution in [0.5, 0.6) is 0 Å². The van der Waals surface area contributed by atoms with Gasteiger partial charge in [-0.05, 0) is 57.8 Å². The quantitative estimate of drug-likeness (QED) is 0.0320. The molecule has 0 aliphatic rings. The fourth-order valence-electron chi connectivity index (χ4n) is 13.2. The van der Waals surface area contributed by atoms with E-state index < -0.39 is 12.1 Å². The molecular formula is C83H161NO5. The Morgan fingerprint density at radius 2 is 0.528 bits per heavy atom. The molecule has 0 saturated heterocycles. The lowest BCUT2D eigenvalue weighted by atomic mass is 10.0. The Hall–Kier alpha value is -1.66. The average molecular weight is 1250 g/mol. The molecule has 528 valence electrons. The Bertz CT molecular complexity index is 1400. The average Bonchev–Trinajstić information content (AvgIpc) is 3.67. The van der Waals surface area contributed by atoms with Gasteiger partial charge < -0.3 is 20.3 Å². The molecule has 3 N–H and O–H groups in total. The van der Waals surface area contributed by atoms with Crippen LogP contribution in [-0.2, 0) is 14.3 Å².